The molecule has 0 radical (unpaired) electrons. The summed E-state index contributed by atoms with van der Waals surface area (Å²) in [6.45, 7) is 7.56. The van der Waals surface area contributed by atoms with Crippen molar-refractivity contribution in [1.82, 2.24) is 0 Å². The van der Waals surface area contributed by atoms with Crippen LogP contribution < -0.4 is 5.73 Å². The number of hydrogen-bond donors (Lipinski definition) is 2. The third kappa shape index (κ3) is 2.46. The van der Waals surface area contributed by atoms with Gasteiger partial charge in [0.25, 0.3) is 0 Å². The lowest BCUT2D eigenvalue weighted by Gasteiger charge is -2.56. The van der Waals surface area contributed by atoms with E-state index in [1.807, 2.05) is 0 Å². The Balaban J connectivity index is 2.27. The van der Waals surface area contributed by atoms with Gasteiger partial charge in [0.05, 0.1) is 5.60 Å². The van der Waals surface area contributed by atoms with E-state index in [0.29, 0.717) is 12.5 Å². The molecule has 0 aromatic rings. The molecule has 2 aliphatic rings. The van der Waals surface area contributed by atoms with E-state index in [9.17, 15) is 5.11 Å². The van der Waals surface area contributed by atoms with Gasteiger partial charge in [-0.15, -0.1) is 0 Å². The molecule has 2 rings (SSSR count). The summed E-state index contributed by atoms with van der Waals surface area (Å²) in [6.07, 6.45) is 9.18. The Kier molecular flexibility index (Phi) is 3.81. The van der Waals surface area contributed by atoms with E-state index >= 15 is 0 Å². The van der Waals surface area contributed by atoms with Gasteiger partial charge >= 0.3 is 0 Å². The first-order valence-electron chi connectivity index (χ1n) is 7.75. The molecule has 0 amide bonds. The zero-order valence-electron chi connectivity index (χ0n) is 12.5. The van der Waals surface area contributed by atoms with Crippen molar-refractivity contribution in [2.45, 2.75) is 77.7 Å². The summed E-state index contributed by atoms with van der Waals surface area (Å²) in [5, 5.41) is 11.4. The molecular formula is C16H31NO. The third-order valence-electron chi connectivity index (χ3n) is 5.55. The van der Waals surface area contributed by atoms with E-state index in [4.69, 9.17) is 5.73 Å². The van der Waals surface area contributed by atoms with Gasteiger partial charge in [0, 0.05) is 12.0 Å². The van der Waals surface area contributed by atoms with Crippen molar-refractivity contribution >= 4 is 0 Å². The van der Waals surface area contributed by atoms with Gasteiger partial charge in [-0.1, -0.05) is 40.0 Å². The van der Waals surface area contributed by atoms with Crippen molar-refractivity contribution in [1.29, 1.82) is 0 Å². The fourth-order valence-corrected chi connectivity index (χ4v) is 5.02. The molecule has 0 aromatic carbocycles. The van der Waals surface area contributed by atoms with E-state index in [0.717, 1.165) is 25.7 Å². The maximum Gasteiger partial charge on any atom is 0.0723 e. The molecule has 18 heavy (non-hydrogen) atoms. The molecule has 0 heterocycles. The van der Waals surface area contributed by atoms with Crippen LogP contribution in [0.15, 0.2) is 0 Å². The molecule has 2 nitrogen and oxygen atoms in total. The number of hydrogen-bond acceptors (Lipinski definition) is 2. The summed E-state index contributed by atoms with van der Waals surface area (Å²) < 4.78 is 0. The average Bonchev–Trinajstić information content (AvgIpc) is 2.26. The minimum Gasteiger partial charge on any atom is -0.389 e. The minimum atomic E-state index is -0.524. The van der Waals surface area contributed by atoms with Crippen LogP contribution in [0.25, 0.3) is 0 Å². The molecule has 2 unspecified atom stereocenters. The molecule has 2 fully saturated rings. The van der Waals surface area contributed by atoms with Crippen LogP contribution in [0.4, 0.5) is 0 Å². The van der Waals surface area contributed by atoms with Gasteiger partial charge in [0.1, 0.15) is 0 Å². The number of aliphatic hydroxyl groups is 1. The normalized spacial score (nSPS) is 39.5. The summed E-state index contributed by atoms with van der Waals surface area (Å²) in [4.78, 5) is 0. The van der Waals surface area contributed by atoms with E-state index in [1.54, 1.807) is 0 Å². The number of nitrogens with two attached hydrogens (primary N) is 1. The fraction of sp³-hybridized carbons (Fsp3) is 1.00. The van der Waals surface area contributed by atoms with Crippen LogP contribution in [0.2, 0.25) is 0 Å². The molecule has 0 bridgehead atoms. The lowest BCUT2D eigenvalue weighted by Crippen LogP contribution is -2.58. The first-order valence-corrected chi connectivity index (χ1v) is 7.75. The summed E-state index contributed by atoms with van der Waals surface area (Å²) in [5.41, 5.74) is 5.86. The van der Waals surface area contributed by atoms with Crippen LogP contribution >= 0.6 is 0 Å². The van der Waals surface area contributed by atoms with Crippen molar-refractivity contribution in [3.63, 3.8) is 0 Å². The quantitative estimate of drug-likeness (QED) is 0.791. The predicted molar refractivity (Wildman–Crippen MR) is 76.3 cm³/mol. The van der Waals surface area contributed by atoms with Gasteiger partial charge in [-0.25, -0.2) is 0 Å². The van der Waals surface area contributed by atoms with Crippen LogP contribution in [0, 0.1) is 16.7 Å². The summed E-state index contributed by atoms with van der Waals surface area (Å²) >= 11 is 0. The SMILES string of the molecule is CC1CC(C)(C)CC(O)(C2(CN)CCCCC2)C1. The van der Waals surface area contributed by atoms with Crippen molar-refractivity contribution in [2.75, 3.05) is 6.54 Å². The molecule has 0 aromatic heterocycles. The zero-order valence-corrected chi connectivity index (χ0v) is 12.5. The van der Waals surface area contributed by atoms with Crippen molar-refractivity contribution in [3.05, 3.63) is 0 Å². The van der Waals surface area contributed by atoms with Gasteiger partial charge in [-0.2, -0.15) is 0 Å². The van der Waals surface area contributed by atoms with Crippen LogP contribution in [0.3, 0.4) is 0 Å². The van der Waals surface area contributed by atoms with Gasteiger partial charge in [-0.05, 0) is 43.4 Å². The molecule has 2 aliphatic carbocycles. The van der Waals surface area contributed by atoms with E-state index in [1.165, 1.54) is 25.7 Å². The fourth-order valence-electron chi connectivity index (χ4n) is 5.02. The third-order valence-corrected chi connectivity index (χ3v) is 5.55. The Morgan fingerprint density at radius 2 is 1.72 bits per heavy atom. The minimum absolute atomic E-state index is 0.00278. The lowest BCUT2D eigenvalue weighted by atomic mass is 9.53. The molecule has 0 saturated heterocycles. The second-order valence-corrected chi connectivity index (χ2v) is 7.93. The zero-order chi connectivity index (χ0) is 13.4. The molecular weight excluding hydrogens is 222 g/mol. The standard InChI is InChI=1S/C16H31NO/c1-13-9-14(2,3)11-16(18,10-13)15(12-17)7-5-4-6-8-15/h13,18H,4-12,17H2,1-3H3. The molecule has 0 spiro atoms. The monoisotopic (exact) mass is 253 g/mol. The predicted octanol–water partition coefficient (Wildman–Crippen LogP) is 3.47. The molecule has 2 heteroatoms. The second kappa shape index (κ2) is 4.79. The molecule has 2 atom stereocenters. The van der Waals surface area contributed by atoms with Crippen molar-refractivity contribution in [2.24, 2.45) is 22.5 Å². The molecule has 3 N–H and O–H groups in total. The molecule has 106 valence electrons. The Morgan fingerprint density at radius 1 is 1.11 bits per heavy atom. The highest BCUT2D eigenvalue weighted by Gasteiger charge is 2.54. The summed E-state index contributed by atoms with van der Waals surface area (Å²) in [5.74, 6) is 0.615. The van der Waals surface area contributed by atoms with Crippen LogP contribution in [-0.2, 0) is 0 Å². The maximum atomic E-state index is 11.4. The van der Waals surface area contributed by atoms with Crippen LogP contribution in [0.1, 0.15) is 72.1 Å². The van der Waals surface area contributed by atoms with Gasteiger partial charge in [0.2, 0.25) is 0 Å². The Bertz CT molecular complexity index is 293. The van der Waals surface area contributed by atoms with Gasteiger partial charge in [0.15, 0.2) is 0 Å². The van der Waals surface area contributed by atoms with E-state index in [2.05, 4.69) is 20.8 Å². The smallest absolute Gasteiger partial charge is 0.0723 e. The van der Waals surface area contributed by atoms with Crippen LogP contribution in [-0.4, -0.2) is 17.3 Å². The Morgan fingerprint density at radius 3 is 2.22 bits per heavy atom. The van der Waals surface area contributed by atoms with Gasteiger partial charge < -0.3 is 10.8 Å². The topological polar surface area (TPSA) is 46.2 Å². The first-order chi connectivity index (χ1) is 8.33. The summed E-state index contributed by atoms with van der Waals surface area (Å²) in [7, 11) is 0. The maximum absolute atomic E-state index is 11.4. The highest BCUT2D eigenvalue weighted by Crippen LogP contribution is 2.55. The van der Waals surface area contributed by atoms with E-state index < -0.39 is 5.60 Å². The Labute approximate surface area is 112 Å². The van der Waals surface area contributed by atoms with E-state index in [-0.39, 0.29) is 10.8 Å². The first kappa shape index (κ1) is 14.3. The average molecular weight is 253 g/mol. The number of rotatable bonds is 2. The van der Waals surface area contributed by atoms with Gasteiger partial charge in [-0.3, -0.25) is 0 Å². The summed E-state index contributed by atoms with van der Waals surface area (Å²) in [6, 6.07) is 0. The van der Waals surface area contributed by atoms with Crippen molar-refractivity contribution in [3.8, 4) is 0 Å². The van der Waals surface area contributed by atoms with Crippen molar-refractivity contribution < 1.29 is 5.11 Å². The Hall–Kier alpha value is -0.0800. The highest BCUT2D eigenvalue weighted by atomic mass is 16.3. The largest absolute Gasteiger partial charge is 0.389 e. The second-order valence-electron chi connectivity index (χ2n) is 7.93. The van der Waals surface area contributed by atoms with Crippen LogP contribution in [0.5, 0.6) is 0 Å². The highest BCUT2D eigenvalue weighted by molar-refractivity contribution is 5.06. The lowest BCUT2D eigenvalue weighted by molar-refractivity contribution is -0.156. The molecule has 2 saturated carbocycles. The molecule has 0 aliphatic heterocycles.